The zero-order chi connectivity index (χ0) is 23.3. The molecule has 3 aliphatic rings. The van der Waals surface area contributed by atoms with Gasteiger partial charge in [-0.05, 0) is 69.7 Å². The van der Waals surface area contributed by atoms with Crippen LogP contribution < -0.4 is 14.8 Å². The fourth-order valence-corrected chi connectivity index (χ4v) is 6.14. The normalized spacial score (nSPS) is 31.3. The zero-order valence-corrected chi connectivity index (χ0v) is 19.0. The highest BCUT2D eigenvalue weighted by Crippen LogP contribution is 2.58. The predicted octanol–water partition coefficient (Wildman–Crippen LogP) is 6.06. The molecule has 4 atom stereocenters. The molecule has 1 N–H and O–H groups in total. The molecule has 2 aromatic carbocycles. The maximum absolute atomic E-state index is 12.9. The number of piperidine rings is 1. The number of nitrogens with one attached hydrogen (secondary N) is 1. The fraction of sp³-hybridized carbons (Fsp3) is 0.538. The van der Waals surface area contributed by atoms with E-state index >= 15 is 0 Å². The lowest BCUT2D eigenvalue weighted by Crippen LogP contribution is -2.61. The molecule has 3 aliphatic heterocycles. The number of halogens is 3. The number of hydrogen-bond acceptors (Lipinski definition) is 4. The van der Waals surface area contributed by atoms with Crippen LogP contribution in [0.15, 0.2) is 48.5 Å². The molecule has 5 rings (SSSR count). The first kappa shape index (κ1) is 22.5. The van der Waals surface area contributed by atoms with Gasteiger partial charge < -0.3 is 19.5 Å². The number of alkyl halides is 3. The molecule has 0 amide bonds. The molecular weight excluding hydrogens is 431 g/mol. The maximum atomic E-state index is 12.9. The topological polar surface area (TPSA) is 39.7 Å². The number of ether oxygens (including phenoxy) is 3. The second kappa shape index (κ2) is 8.20. The highest BCUT2D eigenvalue weighted by Gasteiger charge is 2.62. The molecule has 1 spiro atoms. The molecule has 3 saturated heterocycles. The van der Waals surface area contributed by atoms with Crippen molar-refractivity contribution >= 4 is 0 Å². The summed E-state index contributed by atoms with van der Waals surface area (Å²) in [5.74, 6) is 0.275. The van der Waals surface area contributed by atoms with Crippen LogP contribution in [0.1, 0.15) is 63.0 Å². The minimum absolute atomic E-state index is 0.0879. The van der Waals surface area contributed by atoms with E-state index in [1.165, 1.54) is 17.7 Å². The van der Waals surface area contributed by atoms with E-state index in [0.717, 1.165) is 25.7 Å². The third kappa shape index (κ3) is 4.10. The summed E-state index contributed by atoms with van der Waals surface area (Å²) in [7, 11) is 0. The molecule has 0 radical (unpaired) electrons. The highest BCUT2D eigenvalue weighted by molar-refractivity contribution is 5.44. The Morgan fingerprint density at radius 2 is 1.82 bits per heavy atom. The number of rotatable bonds is 5. The lowest BCUT2D eigenvalue weighted by molar-refractivity contribution is -0.274. The summed E-state index contributed by atoms with van der Waals surface area (Å²) < 4.78 is 55.6. The summed E-state index contributed by atoms with van der Waals surface area (Å²) in [6.07, 6.45) is -0.0807. The average Bonchev–Trinajstić information content (AvgIpc) is 3.35. The first-order valence-electron chi connectivity index (χ1n) is 11.7. The van der Waals surface area contributed by atoms with E-state index in [4.69, 9.17) is 9.47 Å². The molecule has 2 aromatic rings. The third-order valence-corrected chi connectivity index (χ3v) is 7.41. The van der Waals surface area contributed by atoms with Gasteiger partial charge in [0, 0.05) is 17.5 Å². The van der Waals surface area contributed by atoms with Gasteiger partial charge in [0.1, 0.15) is 11.5 Å². The molecule has 4 nitrogen and oxygen atoms in total. The Morgan fingerprint density at radius 3 is 2.55 bits per heavy atom. The number of benzene rings is 2. The van der Waals surface area contributed by atoms with Crippen molar-refractivity contribution in [2.75, 3.05) is 6.61 Å². The van der Waals surface area contributed by atoms with Gasteiger partial charge in [0.05, 0.1) is 23.9 Å². The molecule has 0 aliphatic carbocycles. The van der Waals surface area contributed by atoms with Crippen LogP contribution in [0.5, 0.6) is 11.5 Å². The van der Waals surface area contributed by atoms with Crippen molar-refractivity contribution in [3.8, 4) is 11.5 Å². The van der Waals surface area contributed by atoms with Crippen molar-refractivity contribution in [1.29, 1.82) is 0 Å². The average molecular weight is 462 g/mol. The Kier molecular flexibility index (Phi) is 5.60. The van der Waals surface area contributed by atoms with Gasteiger partial charge in [0.25, 0.3) is 0 Å². The van der Waals surface area contributed by atoms with Crippen molar-refractivity contribution in [1.82, 2.24) is 5.32 Å². The summed E-state index contributed by atoms with van der Waals surface area (Å²) in [5.41, 5.74) is 1.24. The minimum atomic E-state index is -4.74. The van der Waals surface area contributed by atoms with Gasteiger partial charge in [-0.3, -0.25) is 0 Å². The summed E-state index contributed by atoms with van der Waals surface area (Å²) in [6.45, 7) is 4.25. The van der Waals surface area contributed by atoms with Gasteiger partial charge in [-0.2, -0.15) is 0 Å². The van der Waals surface area contributed by atoms with Gasteiger partial charge in [-0.25, -0.2) is 0 Å². The van der Waals surface area contributed by atoms with E-state index in [1.54, 1.807) is 6.07 Å². The van der Waals surface area contributed by atoms with Crippen molar-refractivity contribution < 1.29 is 27.4 Å². The largest absolute Gasteiger partial charge is 0.573 e. The Labute approximate surface area is 192 Å². The van der Waals surface area contributed by atoms with Crippen LogP contribution in [-0.2, 0) is 10.3 Å². The summed E-state index contributed by atoms with van der Waals surface area (Å²) in [4.78, 5) is 0. The SMILES string of the molecule is CC(C)Oc1ccc(OC(F)(F)F)cc1C1COC2(CCC3CCC2(c2ccccc2)N3)C1. The van der Waals surface area contributed by atoms with Gasteiger partial charge in [0.15, 0.2) is 0 Å². The smallest absolute Gasteiger partial charge is 0.491 e. The van der Waals surface area contributed by atoms with Crippen LogP contribution in [0, 0.1) is 0 Å². The number of hydrogen-bond donors (Lipinski definition) is 1. The van der Waals surface area contributed by atoms with Crippen LogP contribution >= 0.6 is 0 Å². The molecule has 178 valence electrons. The lowest BCUT2D eigenvalue weighted by atomic mass is 9.67. The van der Waals surface area contributed by atoms with E-state index in [-0.39, 0.29) is 23.3 Å². The van der Waals surface area contributed by atoms with E-state index in [1.807, 2.05) is 19.9 Å². The second-order valence-electron chi connectivity index (χ2n) is 9.81. The van der Waals surface area contributed by atoms with Crippen molar-refractivity contribution in [3.63, 3.8) is 0 Å². The summed E-state index contributed by atoms with van der Waals surface area (Å²) in [5, 5.41) is 3.88. The van der Waals surface area contributed by atoms with Crippen LogP contribution in [0.25, 0.3) is 0 Å². The van der Waals surface area contributed by atoms with Crippen molar-refractivity contribution in [3.05, 3.63) is 59.7 Å². The standard InChI is InChI=1S/C26H30F3NO3/c1-17(2)32-23-9-8-21(33-26(27,28)29)14-22(23)18-15-24(31-16-18)12-10-20-11-13-25(24,30-20)19-6-4-3-5-7-19/h3-9,14,17-18,20,30H,10-13,15-16H2,1-2H3. The van der Waals surface area contributed by atoms with Crippen LogP contribution in [0.2, 0.25) is 0 Å². The molecule has 3 heterocycles. The maximum Gasteiger partial charge on any atom is 0.573 e. The van der Waals surface area contributed by atoms with E-state index in [0.29, 0.717) is 30.4 Å². The van der Waals surface area contributed by atoms with Crippen LogP contribution in [0.3, 0.4) is 0 Å². The highest BCUT2D eigenvalue weighted by atomic mass is 19.4. The predicted molar refractivity (Wildman–Crippen MR) is 118 cm³/mol. The number of fused-ring (bicyclic) bond motifs is 3. The Bertz CT molecular complexity index is 996. The van der Waals surface area contributed by atoms with Crippen LogP contribution in [-0.4, -0.2) is 30.7 Å². The minimum Gasteiger partial charge on any atom is -0.491 e. The molecule has 3 fully saturated rings. The van der Waals surface area contributed by atoms with E-state index in [2.05, 4.69) is 34.3 Å². The van der Waals surface area contributed by atoms with Crippen molar-refractivity contribution in [2.45, 2.75) is 81.5 Å². The Hall–Kier alpha value is -2.25. The first-order chi connectivity index (χ1) is 15.7. The molecule has 2 bridgehead atoms. The summed E-state index contributed by atoms with van der Waals surface area (Å²) >= 11 is 0. The van der Waals surface area contributed by atoms with Crippen molar-refractivity contribution in [2.24, 2.45) is 0 Å². The molecule has 0 aromatic heterocycles. The Morgan fingerprint density at radius 1 is 1.06 bits per heavy atom. The third-order valence-electron chi connectivity index (χ3n) is 7.41. The van der Waals surface area contributed by atoms with Gasteiger partial charge >= 0.3 is 6.36 Å². The van der Waals surface area contributed by atoms with E-state index in [9.17, 15) is 13.2 Å². The quantitative estimate of drug-likeness (QED) is 0.588. The molecule has 0 saturated carbocycles. The molecular formula is C26H30F3NO3. The fourth-order valence-electron chi connectivity index (χ4n) is 6.14. The first-order valence-corrected chi connectivity index (χ1v) is 11.7. The lowest BCUT2D eigenvalue weighted by Gasteiger charge is -2.50. The van der Waals surface area contributed by atoms with Gasteiger partial charge in [0.2, 0.25) is 0 Å². The second-order valence-corrected chi connectivity index (χ2v) is 9.81. The zero-order valence-electron chi connectivity index (χ0n) is 19.0. The van der Waals surface area contributed by atoms with Gasteiger partial charge in [-0.15, -0.1) is 13.2 Å². The Balaban J connectivity index is 1.50. The monoisotopic (exact) mass is 461 g/mol. The van der Waals surface area contributed by atoms with Gasteiger partial charge in [-0.1, -0.05) is 30.3 Å². The molecule has 33 heavy (non-hydrogen) atoms. The van der Waals surface area contributed by atoms with Crippen LogP contribution in [0.4, 0.5) is 13.2 Å². The molecule has 4 unspecified atom stereocenters. The van der Waals surface area contributed by atoms with E-state index < -0.39 is 12.0 Å². The summed E-state index contributed by atoms with van der Waals surface area (Å²) in [6, 6.07) is 15.3. The molecule has 7 heteroatoms.